The van der Waals surface area contributed by atoms with Crippen molar-refractivity contribution in [1.29, 1.82) is 0 Å². The molecule has 2 aliphatic heterocycles. The van der Waals surface area contributed by atoms with Gasteiger partial charge in [0.25, 0.3) is 5.91 Å². The average Bonchev–Trinajstić information content (AvgIpc) is 4.07. The Kier molecular flexibility index (Phi) is 14.5. The average molecular weight is 906 g/mol. The van der Waals surface area contributed by atoms with Crippen molar-refractivity contribution in [3.63, 3.8) is 0 Å². The molecule has 16 nitrogen and oxygen atoms in total. The Morgan fingerprint density at radius 1 is 0.984 bits per heavy atom. The fraction of sp³-hybridized carbons (Fsp3) is 0.638. The summed E-state index contributed by atoms with van der Waals surface area (Å²) in [4.78, 5) is 63.7. The van der Waals surface area contributed by atoms with Gasteiger partial charge in [0.2, 0.25) is 27.7 Å². The maximum atomic E-state index is 15.1. The molecule has 1 saturated heterocycles. The van der Waals surface area contributed by atoms with E-state index in [2.05, 4.69) is 34.1 Å². The largest absolute Gasteiger partial charge is 0.492 e. The molecule has 8 rings (SSSR count). The first kappa shape index (κ1) is 45.8. The summed E-state index contributed by atoms with van der Waals surface area (Å²) in [5, 5.41) is 6.01. The number of para-hydroxylation sites is 1. The third kappa shape index (κ3) is 10.4. The second-order valence-corrected chi connectivity index (χ2v) is 20.2. The van der Waals surface area contributed by atoms with Gasteiger partial charge in [-0.25, -0.2) is 18.2 Å². The highest BCUT2D eigenvalue weighted by molar-refractivity contribution is 7.91. The molecular weight excluding hydrogens is 843 g/mol. The van der Waals surface area contributed by atoms with E-state index in [-0.39, 0.29) is 37.3 Å². The molecule has 6 aliphatic rings. The van der Waals surface area contributed by atoms with Gasteiger partial charge in [0, 0.05) is 37.9 Å². The molecule has 5 fully saturated rings. The summed E-state index contributed by atoms with van der Waals surface area (Å²) in [6.45, 7) is 5.65. The minimum absolute atomic E-state index is 0.0266. The summed E-state index contributed by atoms with van der Waals surface area (Å²) >= 11 is 0. The molecule has 1 aromatic carbocycles. The van der Waals surface area contributed by atoms with Crippen LogP contribution in [0.2, 0.25) is 0 Å². The topological polar surface area (TPSA) is 201 Å². The molecule has 2 bridgehead atoms. The molecule has 0 unspecified atom stereocenters. The van der Waals surface area contributed by atoms with Gasteiger partial charge in [-0.15, -0.1) is 6.58 Å². The highest BCUT2D eigenvalue weighted by Gasteiger charge is 2.62. The summed E-state index contributed by atoms with van der Waals surface area (Å²) in [6, 6.07) is 5.56. The van der Waals surface area contributed by atoms with E-state index in [0.29, 0.717) is 82.1 Å². The molecule has 64 heavy (non-hydrogen) atoms. The normalized spacial score (nSPS) is 28.8. The van der Waals surface area contributed by atoms with E-state index in [4.69, 9.17) is 28.7 Å². The van der Waals surface area contributed by atoms with Crippen LogP contribution in [0.25, 0.3) is 10.9 Å². The van der Waals surface area contributed by atoms with Crippen LogP contribution in [0.4, 0.5) is 4.79 Å². The van der Waals surface area contributed by atoms with Crippen molar-refractivity contribution < 1.29 is 51.3 Å². The first-order valence-corrected chi connectivity index (χ1v) is 24.8. The number of carbonyl (C=O) groups excluding carboxylic acids is 4. The summed E-state index contributed by atoms with van der Waals surface area (Å²) < 4.78 is 58.3. The third-order valence-corrected chi connectivity index (χ3v) is 15.7. The molecule has 348 valence electrons. The number of allylic oxidation sites excluding steroid dienone is 2. The van der Waals surface area contributed by atoms with Gasteiger partial charge in [-0.2, -0.15) is 0 Å². The van der Waals surface area contributed by atoms with Crippen molar-refractivity contribution >= 4 is 44.7 Å². The molecule has 3 heterocycles. The van der Waals surface area contributed by atoms with Crippen LogP contribution in [0.1, 0.15) is 95.5 Å². The standard InChI is InChI=1S/C47H63N5O11S/c1-3-32-28-47(32,45(55)51-64(57,58)34-21-22-34)50-42(53)38-27-33-29-52(38)44(54)40(31-14-7-8-15-31)49-46(56)63-39-20-11-16-30(39)13-5-4-6-18-36-41(61-24-12-23-60-26-25-59-2)35-17-9-10-19-37(35)48-43(36)62-33/h3-4,6,9-10,17,19,30-34,38-40H,1,5,7-8,11-16,18,20-29H2,2H3,(H,49,56)(H,50,53)(H,51,55)/t30-,32-,33-,38+,39-,40+,47-/m1/s1. The fourth-order valence-electron chi connectivity index (χ4n) is 10.0. The van der Waals surface area contributed by atoms with Crippen LogP contribution in [-0.4, -0.2) is 117 Å². The SMILES string of the molecule is C=C[C@@H]1C[C@]1(NC(=O)[C@@H]1C[C@@H]2CN1C(=O)[C@H](C1CCCC1)NC(=O)O[C@@H]1CCC[C@H]1CCC=CCc1c(nc3ccccc3c1OCCCOCCOC)O2)C(=O)NS(=O)(=O)C1CC1. The second kappa shape index (κ2) is 20.2. The van der Waals surface area contributed by atoms with Gasteiger partial charge in [0.1, 0.15) is 35.6 Å². The fourth-order valence-corrected chi connectivity index (χ4v) is 11.4. The van der Waals surface area contributed by atoms with Crippen LogP contribution < -0.4 is 24.8 Å². The number of alkyl carbamates (subject to hydrolysis) is 1. The number of hydrogen-bond donors (Lipinski definition) is 3. The molecule has 17 heteroatoms. The Labute approximate surface area is 375 Å². The molecule has 0 radical (unpaired) electrons. The maximum absolute atomic E-state index is 15.1. The van der Waals surface area contributed by atoms with E-state index in [1.165, 1.54) is 11.0 Å². The molecule has 3 N–H and O–H groups in total. The van der Waals surface area contributed by atoms with Crippen LogP contribution in [0, 0.1) is 17.8 Å². The molecule has 2 aromatic rings. The van der Waals surface area contributed by atoms with E-state index in [9.17, 15) is 22.8 Å². The van der Waals surface area contributed by atoms with Gasteiger partial charge in [-0.3, -0.25) is 19.1 Å². The van der Waals surface area contributed by atoms with E-state index in [0.717, 1.165) is 55.9 Å². The number of hydrogen-bond acceptors (Lipinski definition) is 12. The maximum Gasteiger partial charge on any atom is 0.408 e. The Hall–Kier alpha value is -4.74. The van der Waals surface area contributed by atoms with Crippen LogP contribution in [-0.2, 0) is 45.0 Å². The number of nitrogens with zero attached hydrogens (tertiary/aromatic N) is 2. The lowest BCUT2D eigenvalue weighted by Crippen LogP contribution is -2.59. The number of amides is 4. The molecule has 7 atom stereocenters. The Morgan fingerprint density at radius 2 is 1.78 bits per heavy atom. The summed E-state index contributed by atoms with van der Waals surface area (Å²) in [5.41, 5.74) is -0.195. The van der Waals surface area contributed by atoms with Crippen LogP contribution >= 0.6 is 0 Å². The predicted molar refractivity (Wildman–Crippen MR) is 237 cm³/mol. The molecule has 0 spiro atoms. The number of rotatable bonds is 15. The van der Waals surface area contributed by atoms with Crippen molar-refractivity contribution in [3.05, 3.63) is 54.6 Å². The molecule has 1 aromatic heterocycles. The van der Waals surface area contributed by atoms with Crippen LogP contribution in [0.15, 0.2) is 49.1 Å². The van der Waals surface area contributed by atoms with Crippen molar-refractivity contribution in [1.82, 2.24) is 25.2 Å². The lowest BCUT2D eigenvalue weighted by molar-refractivity contribution is -0.142. The third-order valence-electron chi connectivity index (χ3n) is 13.8. The zero-order valence-corrected chi connectivity index (χ0v) is 37.6. The number of ether oxygens (including phenoxy) is 5. The number of pyridine rings is 1. The van der Waals surface area contributed by atoms with Crippen molar-refractivity contribution in [2.75, 3.05) is 40.1 Å². The summed E-state index contributed by atoms with van der Waals surface area (Å²) in [7, 11) is -2.29. The predicted octanol–water partition coefficient (Wildman–Crippen LogP) is 5.03. The Morgan fingerprint density at radius 3 is 2.55 bits per heavy atom. The van der Waals surface area contributed by atoms with Gasteiger partial charge < -0.3 is 39.2 Å². The monoisotopic (exact) mass is 905 g/mol. The van der Waals surface area contributed by atoms with Crippen molar-refractivity contribution in [2.24, 2.45) is 17.8 Å². The molecule has 4 amide bonds. The minimum atomic E-state index is -3.92. The van der Waals surface area contributed by atoms with Gasteiger partial charge >= 0.3 is 6.09 Å². The van der Waals surface area contributed by atoms with E-state index >= 15 is 4.79 Å². The Balaban J connectivity index is 1.14. The lowest BCUT2D eigenvalue weighted by atomic mass is 9.96. The number of carbonyl (C=O) groups is 4. The van der Waals surface area contributed by atoms with Crippen LogP contribution in [0.3, 0.4) is 0 Å². The van der Waals surface area contributed by atoms with Gasteiger partial charge in [0.05, 0.1) is 42.7 Å². The minimum Gasteiger partial charge on any atom is -0.492 e. The van der Waals surface area contributed by atoms with E-state index < -0.39 is 68.7 Å². The molecule has 4 saturated carbocycles. The molecule has 4 aliphatic carbocycles. The van der Waals surface area contributed by atoms with E-state index in [1.807, 2.05) is 24.3 Å². The van der Waals surface area contributed by atoms with Crippen LogP contribution in [0.5, 0.6) is 11.6 Å². The van der Waals surface area contributed by atoms with Gasteiger partial charge in [-0.1, -0.05) is 43.2 Å². The smallest absolute Gasteiger partial charge is 0.408 e. The zero-order chi connectivity index (χ0) is 44.8. The van der Waals surface area contributed by atoms with Gasteiger partial charge in [0.15, 0.2) is 0 Å². The number of sulfonamides is 1. The zero-order valence-electron chi connectivity index (χ0n) is 36.8. The number of nitrogens with one attached hydrogen (secondary N) is 3. The highest BCUT2D eigenvalue weighted by atomic mass is 32.2. The number of fused-ring (bicyclic) bond motifs is 5. The summed E-state index contributed by atoms with van der Waals surface area (Å²) in [5.74, 6) is -1.52. The first-order chi connectivity index (χ1) is 31.0. The summed E-state index contributed by atoms with van der Waals surface area (Å²) in [6.07, 6.45) is 13.6. The number of benzene rings is 1. The number of aromatic nitrogens is 1. The highest BCUT2D eigenvalue weighted by Crippen LogP contribution is 2.46. The quantitative estimate of drug-likeness (QED) is 0.159. The van der Waals surface area contributed by atoms with Gasteiger partial charge in [-0.05, 0) is 94.6 Å². The van der Waals surface area contributed by atoms with Crippen molar-refractivity contribution in [2.45, 2.75) is 131 Å². The second-order valence-electron chi connectivity index (χ2n) is 18.3. The van der Waals surface area contributed by atoms with Crippen molar-refractivity contribution in [3.8, 4) is 11.6 Å². The lowest BCUT2D eigenvalue weighted by Gasteiger charge is -2.32. The molecular formula is C47H63N5O11S. The number of methoxy groups -OCH3 is 1. The Bertz CT molecular complexity index is 2190. The first-order valence-electron chi connectivity index (χ1n) is 23.2. The van der Waals surface area contributed by atoms with E-state index in [1.54, 1.807) is 7.11 Å².